The van der Waals surface area contributed by atoms with Crippen molar-refractivity contribution in [3.05, 3.63) is 175 Å². The summed E-state index contributed by atoms with van der Waals surface area (Å²) in [6, 6.07) is 59.9. The van der Waals surface area contributed by atoms with E-state index < -0.39 is 0 Å². The van der Waals surface area contributed by atoms with Crippen molar-refractivity contribution in [1.29, 1.82) is 0 Å². The van der Waals surface area contributed by atoms with Gasteiger partial charge in [0.25, 0.3) is 0 Å². The number of imidazole rings is 1. The first-order chi connectivity index (χ1) is 20.9. The summed E-state index contributed by atoms with van der Waals surface area (Å²) in [5.41, 5.74) is 11.4. The highest BCUT2D eigenvalue weighted by atomic mass is 15.1. The van der Waals surface area contributed by atoms with Gasteiger partial charge in [-0.1, -0.05) is 170 Å². The lowest BCUT2D eigenvalue weighted by molar-refractivity contribution is 0.815. The fraction of sp³-hybridized carbons (Fsp3) is 0.0250. The minimum atomic E-state index is 0.692. The van der Waals surface area contributed by atoms with E-state index in [9.17, 15) is 0 Å². The molecule has 0 N–H and O–H groups in total. The van der Waals surface area contributed by atoms with Gasteiger partial charge in [-0.15, -0.1) is 0 Å². The van der Waals surface area contributed by atoms with Crippen molar-refractivity contribution in [2.45, 2.75) is 6.54 Å². The Bertz CT molecular complexity index is 1920. The third-order valence-corrected chi connectivity index (χ3v) is 7.72. The minimum absolute atomic E-state index is 0.692. The molecule has 42 heavy (non-hydrogen) atoms. The van der Waals surface area contributed by atoms with Gasteiger partial charge in [-0.05, 0) is 27.8 Å². The normalized spacial score (nSPS) is 11.0. The SMILES string of the molecule is c1ccc(Cn2c(-c3ccccc3-c3ccccc3)nc(-c3ccccc3)c2-c2ccccc2-c2ccccc2)cc1. The molecule has 1 aromatic heterocycles. The number of rotatable bonds is 7. The van der Waals surface area contributed by atoms with E-state index in [1.165, 1.54) is 27.8 Å². The number of hydrogen-bond acceptors (Lipinski definition) is 1. The molecule has 0 aliphatic carbocycles. The topological polar surface area (TPSA) is 17.8 Å². The predicted octanol–water partition coefficient (Wildman–Crippen LogP) is 10.3. The molecule has 7 rings (SSSR count). The van der Waals surface area contributed by atoms with Gasteiger partial charge in [0.15, 0.2) is 0 Å². The molecule has 6 aromatic carbocycles. The monoisotopic (exact) mass is 538 g/mol. The highest BCUT2D eigenvalue weighted by Gasteiger charge is 2.24. The predicted molar refractivity (Wildman–Crippen MR) is 175 cm³/mol. The van der Waals surface area contributed by atoms with E-state index in [1.807, 2.05) is 0 Å². The first-order valence-electron chi connectivity index (χ1n) is 14.4. The molecule has 0 radical (unpaired) electrons. The molecule has 7 aromatic rings. The molecule has 0 unspecified atom stereocenters. The van der Waals surface area contributed by atoms with Gasteiger partial charge in [0.1, 0.15) is 5.82 Å². The van der Waals surface area contributed by atoms with Gasteiger partial charge in [-0.25, -0.2) is 4.98 Å². The van der Waals surface area contributed by atoms with Crippen LogP contribution in [0.4, 0.5) is 0 Å². The van der Waals surface area contributed by atoms with Gasteiger partial charge in [0, 0.05) is 23.2 Å². The molecule has 0 aliphatic rings. The molecule has 0 saturated carbocycles. The van der Waals surface area contributed by atoms with Gasteiger partial charge in [0.2, 0.25) is 0 Å². The maximum absolute atomic E-state index is 5.51. The second kappa shape index (κ2) is 11.6. The summed E-state index contributed by atoms with van der Waals surface area (Å²) in [5.74, 6) is 0.954. The van der Waals surface area contributed by atoms with Crippen molar-refractivity contribution < 1.29 is 0 Å². The third-order valence-electron chi connectivity index (χ3n) is 7.72. The van der Waals surface area contributed by atoms with Crippen molar-refractivity contribution in [3.63, 3.8) is 0 Å². The summed E-state index contributed by atoms with van der Waals surface area (Å²) >= 11 is 0. The highest BCUT2D eigenvalue weighted by Crippen LogP contribution is 2.42. The lowest BCUT2D eigenvalue weighted by Crippen LogP contribution is -2.06. The fourth-order valence-electron chi connectivity index (χ4n) is 5.76. The van der Waals surface area contributed by atoms with E-state index in [1.54, 1.807) is 0 Å². The van der Waals surface area contributed by atoms with Gasteiger partial charge < -0.3 is 4.57 Å². The summed E-state index contributed by atoms with van der Waals surface area (Å²) in [5, 5.41) is 0. The van der Waals surface area contributed by atoms with Crippen molar-refractivity contribution in [1.82, 2.24) is 9.55 Å². The zero-order valence-electron chi connectivity index (χ0n) is 23.3. The Morgan fingerprint density at radius 1 is 0.381 bits per heavy atom. The van der Waals surface area contributed by atoms with Crippen molar-refractivity contribution >= 4 is 0 Å². The van der Waals surface area contributed by atoms with E-state index >= 15 is 0 Å². The van der Waals surface area contributed by atoms with Crippen LogP contribution in [0, 0.1) is 0 Å². The second-order valence-corrected chi connectivity index (χ2v) is 10.4. The Morgan fingerprint density at radius 3 is 1.33 bits per heavy atom. The average molecular weight is 539 g/mol. The van der Waals surface area contributed by atoms with E-state index in [-0.39, 0.29) is 0 Å². The van der Waals surface area contributed by atoms with Crippen LogP contribution < -0.4 is 0 Å². The summed E-state index contributed by atoms with van der Waals surface area (Å²) in [4.78, 5) is 5.51. The smallest absolute Gasteiger partial charge is 0.142 e. The first kappa shape index (κ1) is 25.5. The van der Waals surface area contributed by atoms with E-state index in [4.69, 9.17) is 4.98 Å². The molecular formula is C40H30N2. The van der Waals surface area contributed by atoms with Crippen LogP contribution in [0.15, 0.2) is 170 Å². The van der Waals surface area contributed by atoms with Crippen molar-refractivity contribution in [2.75, 3.05) is 0 Å². The van der Waals surface area contributed by atoms with Crippen LogP contribution in [0.25, 0.3) is 56.2 Å². The molecule has 0 atom stereocenters. The van der Waals surface area contributed by atoms with Gasteiger partial charge in [-0.3, -0.25) is 0 Å². The Hall–Kier alpha value is -5.47. The van der Waals surface area contributed by atoms with Crippen LogP contribution in [0.1, 0.15) is 5.56 Å². The third kappa shape index (κ3) is 4.95. The Morgan fingerprint density at radius 2 is 0.786 bits per heavy atom. The maximum atomic E-state index is 5.51. The van der Waals surface area contributed by atoms with Gasteiger partial charge in [-0.2, -0.15) is 0 Å². The van der Waals surface area contributed by atoms with Crippen LogP contribution in [-0.2, 0) is 6.54 Å². The number of hydrogen-bond donors (Lipinski definition) is 0. The molecular weight excluding hydrogens is 508 g/mol. The molecule has 0 bridgehead atoms. The van der Waals surface area contributed by atoms with Crippen LogP contribution in [0.2, 0.25) is 0 Å². The van der Waals surface area contributed by atoms with Crippen LogP contribution in [0.3, 0.4) is 0 Å². The highest BCUT2D eigenvalue weighted by molar-refractivity contribution is 5.92. The Kier molecular flexibility index (Phi) is 7.02. The zero-order chi connectivity index (χ0) is 28.1. The van der Waals surface area contributed by atoms with Crippen LogP contribution in [-0.4, -0.2) is 9.55 Å². The van der Waals surface area contributed by atoms with E-state index in [2.05, 4.69) is 174 Å². The molecule has 0 saturated heterocycles. The quantitative estimate of drug-likeness (QED) is 0.197. The average Bonchev–Trinajstić information content (AvgIpc) is 3.45. The Labute approximate surface area is 247 Å². The standard InChI is InChI=1S/C40H30N2/c1-5-17-30(18-6-1)29-42-39(36-27-15-13-25-34(36)31-19-7-2-8-20-31)38(33-23-11-4-12-24-33)41-40(42)37-28-16-14-26-35(37)32-21-9-3-10-22-32/h1-28H,29H2. The van der Waals surface area contributed by atoms with Crippen molar-refractivity contribution in [3.8, 4) is 56.2 Å². The first-order valence-corrected chi connectivity index (χ1v) is 14.4. The van der Waals surface area contributed by atoms with Gasteiger partial charge >= 0.3 is 0 Å². The molecule has 0 aliphatic heterocycles. The fourth-order valence-corrected chi connectivity index (χ4v) is 5.76. The zero-order valence-corrected chi connectivity index (χ0v) is 23.3. The molecule has 0 spiro atoms. The summed E-state index contributed by atoms with van der Waals surface area (Å²) in [6.45, 7) is 0.692. The minimum Gasteiger partial charge on any atom is -0.319 e. The molecule has 0 amide bonds. The van der Waals surface area contributed by atoms with Crippen molar-refractivity contribution in [2.24, 2.45) is 0 Å². The van der Waals surface area contributed by atoms with Crippen LogP contribution in [0.5, 0.6) is 0 Å². The lowest BCUT2D eigenvalue weighted by atomic mass is 9.95. The Balaban J connectivity index is 1.57. The molecule has 0 fully saturated rings. The van der Waals surface area contributed by atoms with Gasteiger partial charge in [0.05, 0.1) is 11.4 Å². The molecule has 1 heterocycles. The van der Waals surface area contributed by atoms with Crippen LogP contribution >= 0.6 is 0 Å². The maximum Gasteiger partial charge on any atom is 0.142 e. The largest absolute Gasteiger partial charge is 0.319 e. The molecule has 2 heteroatoms. The number of nitrogens with zero attached hydrogens (tertiary/aromatic N) is 2. The second-order valence-electron chi connectivity index (χ2n) is 10.4. The van der Waals surface area contributed by atoms with E-state index in [0.717, 1.165) is 33.9 Å². The number of aromatic nitrogens is 2. The number of benzene rings is 6. The lowest BCUT2D eigenvalue weighted by Gasteiger charge is -2.18. The summed E-state index contributed by atoms with van der Waals surface area (Å²) in [6.07, 6.45) is 0. The summed E-state index contributed by atoms with van der Waals surface area (Å²) < 4.78 is 2.42. The molecule has 200 valence electrons. The van der Waals surface area contributed by atoms with E-state index in [0.29, 0.717) is 6.54 Å². The summed E-state index contributed by atoms with van der Waals surface area (Å²) in [7, 11) is 0. The molecule has 2 nitrogen and oxygen atoms in total.